The summed E-state index contributed by atoms with van der Waals surface area (Å²) in [5, 5.41) is 27.2. The maximum atomic E-state index is 13.4. The van der Waals surface area contributed by atoms with Gasteiger partial charge in [0.05, 0.1) is 17.0 Å². The third-order valence-corrected chi connectivity index (χ3v) is 9.34. The second kappa shape index (κ2) is 7.72. The Morgan fingerprint density at radius 1 is 1.30 bits per heavy atom. The number of piperidine rings is 1. The summed E-state index contributed by atoms with van der Waals surface area (Å²) < 4.78 is 6.51. The number of amides is 1. The van der Waals surface area contributed by atoms with Crippen molar-refractivity contribution in [1.29, 1.82) is 0 Å². The summed E-state index contributed by atoms with van der Waals surface area (Å²) in [6, 6.07) is 6.84. The van der Waals surface area contributed by atoms with Crippen LogP contribution in [0.5, 0.6) is 11.5 Å². The minimum atomic E-state index is -1.14. The smallest absolute Gasteiger partial charge is 0.254 e. The monoisotopic (exact) mass is 520 g/mol. The summed E-state index contributed by atoms with van der Waals surface area (Å²) in [5.41, 5.74) is 1.37. The Hall–Kier alpha value is -3.07. The van der Waals surface area contributed by atoms with E-state index in [0.717, 1.165) is 35.5 Å². The van der Waals surface area contributed by atoms with Crippen molar-refractivity contribution in [2.75, 3.05) is 13.1 Å². The number of hydrogen-bond donors (Lipinski definition) is 4. The highest BCUT2D eigenvalue weighted by molar-refractivity contribution is 6.06. The number of hydrogen-bond acceptors (Lipinski definition) is 6. The van der Waals surface area contributed by atoms with E-state index in [1.54, 1.807) is 18.5 Å². The van der Waals surface area contributed by atoms with Gasteiger partial charge < -0.3 is 25.3 Å². The molecule has 3 aliphatic carbocycles. The first kappa shape index (κ1) is 23.1. The normalized spacial score (nSPS) is 32.9. The van der Waals surface area contributed by atoms with Gasteiger partial charge in [-0.1, -0.05) is 18.2 Å². The molecule has 4 heterocycles. The van der Waals surface area contributed by atoms with Crippen molar-refractivity contribution in [2.45, 2.75) is 54.9 Å². The molecular weight excluding hydrogens is 492 g/mol. The third kappa shape index (κ3) is 2.92. The van der Waals surface area contributed by atoms with E-state index in [1.165, 1.54) is 12.8 Å². The molecule has 1 aromatic carbocycles. The lowest BCUT2D eigenvalue weighted by Gasteiger charge is -2.62. The Balaban J connectivity index is 0.00000231. The standard InChI is InChI=1S/C28H28N4O4.ClH/c33-20-6-5-16-12-21-28(35)8-7-19(31-26(34)18-13-30-25-17(18)2-1-10-29-25)24-27(28,22(16)23(20)36-24)9-11-32(21)14-15-3-4-15;/h1-2,5-8,10,13,15,19,21,24,33,35H,3-4,9,11-12,14H2,(H,29,30)(H,31,34);1H/t19-,21-,24+,27+,28-;/m1./s1. The van der Waals surface area contributed by atoms with Crippen molar-refractivity contribution < 1.29 is 19.7 Å². The second-order valence-electron chi connectivity index (χ2n) is 11.2. The van der Waals surface area contributed by atoms with Gasteiger partial charge in [0.25, 0.3) is 5.91 Å². The first-order valence-corrected chi connectivity index (χ1v) is 12.9. The van der Waals surface area contributed by atoms with Crippen LogP contribution < -0.4 is 10.1 Å². The number of aromatic hydroxyl groups is 1. The molecule has 1 saturated heterocycles. The Labute approximate surface area is 220 Å². The lowest BCUT2D eigenvalue weighted by atomic mass is 9.50. The zero-order chi connectivity index (χ0) is 24.2. The minimum absolute atomic E-state index is 0. The fraction of sp³-hybridized carbons (Fsp3) is 0.429. The fourth-order valence-corrected chi connectivity index (χ4v) is 7.54. The highest BCUT2D eigenvalue weighted by Gasteiger charge is 2.72. The molecule has 192 valence electrons. The number of nitrogens with one attached hydrogen (secondary N) is 2. The van der Waals surface area contributed by atoms with Gasteiger partial charge in [-0.3, -0.25) is 9.69 Å². The van der Waals surface area contributed by atoms with Crippen LogP contribution in [0.25, 0.3) is 11.0 Å². The highest BCUT2D eigenvalue weighted by Crippen LogP contribution is 2.64. The number of ether oxygens (including phenoxy) is 1. The first-order chi connectivity index (χ1) is 17.5. The zero-order valence-electron chi connectivity index (χ0n) is 20.2. The number of aromatic amines is 1. The number of aliphatic hydroxyl groups is 1. The predicted octanol–water partition coefficient (Wildman–Crippen LogP) is 2.83. The van der Waals surface area contributed by atoms with Gasteiger partial charge in [0.15, 0.2) is 11.5 Å². The number of aromatic nitrogens is 2. The fourth-order valence-electron chi connectivity index (χ4n) is 7.54. The molecule has 2 aromatic heterocycles. The Morgan fingerprint density at radius 3 is 3.00 bits per heavy atom. The second-order valence-corrected chi connectivity index (χ2v) is 11.2. The lowest BCUT2D eigenvalue weighted by molar-refractivity contribution is -0.144. The van der Waals surface area contributed by atoms with Crippen LogP contribution in [0.3, 0.4) is 0 Å². The van der Waals surface area contributed by atoms with Gasteiger partial charge in [-0.2, -0.15) is 0 Å². The summed E-state index contributed by atoms with van der Waals surface area (Å²) >= 11 is 0. The summed E-state index contributed by atoms with van der Waals surface area (Å²) in [4.78, 5) is 23.3. The average molecular weight is 521 g/mol. The molecule has 1 amide bonds. The molecule has 2 bridgehead atoms. The molecule has 8 rings (SSSR count). The number of phenolic OH excluding ortho intramolecular Hbond substituents is 1. The van der Waals surface area contributed by atoms with Crippen LogP contribution in [0.2, 0.25) is 0 Å². The van der Waals surface area contributed by atoms with Crippen LogP contribution in [-0.4, -0.2) is 67.9 Å². The maximum absolute atomic E-state index is 13.4. The number of halogens is 1. The number of carbonyl (C=O) groups is 1. The number of carbonyl (C=O) groups excluding carboxylic acids is 1. The third-order valence-electron chi connectivity index (χ3n) is 9.34. The van der Waals surface area contributed by atoms with E-state index in [-0.39, 0.29) is 30.1 Å². The van der Waals surface area contributed by atoms with Gasteiger partial charge in [0.1, 0.15) is 17.4 Å². The van der Waals surface area contributed by atoms with Crippen molar-refractivity contribution in [3.8, 4) is 11.5 Å². The molecule has 9 heteroatoms. The molecule has 1 spiro atoms. The SMILES string of the molecule is Cl.O=C(N[C@@H]1C=C[C@@]2(O)[C@H]3Cc4ccc(O)c5c4[C@@]2(CCN3CC2CC2)[C@H]1O5)c1c[nH]c2ncccc12. The molecule has 0 unspecified atom stereocenters. The van der Waals surface area contributed by atoms with Gasteiger partial charge in [-0.25, -0.2) is 4.98 Å². The average Bonchev–Trinajstić information content (AvgIpc) is 3.46. The molecule has 2 aliphatic heterocycles. The molecular formula is C28H29ClN4O4. The quantitative estimate of drug-likeness (QED) is 0.394. The van der Waals surface area contributed by atoms with E-state index in [4.69, 9.17) is 4.74 Å². The van der Waals surface area contributed by atoms with E-state index in [0.29, 0.717) is 29.8 Å². The molecule has 0 radical (unpaired) electrons. The van der Waals surface area contributed by atoms with Crippen molar-refractivity contribution in [2.24, 2.45) is 5.92 Å². The van der Waals surface area contributed by atoms with Crippen LogP contribution in [0.4, 0.5) is 0 Å². The summed E-state index contributed by atoms with van der Waals surface area (Å²) in [7, 11) is 0. The number of rotatable bonds is 4. The van der Waals surface area contributed by atoms with Crippen molar-refractivity contribution in [3.05, 3.63) is 65.5 Å². The summed E-state index contributed by atoms with van der Waals surface area (Å²) in [6.45, 7) is 1.87. The number of nitrogens with zero attached hydrogens (tertiary/aromatic N) is 2. The minimum Gasteiger partial charge on any atom is -0.504 e. The topological polar surface area (TPSA) is 111 Å². The van der Waals surface area contributed by atoms with Crippen LogP contribution in [0.1, 0.15) is 40.7 Å². The predicted molar refractivity (Wildman–Crippen MR) is 139 cm³/mol. The van der Waals surface area contributed by atoms with Crippen LogP contribution in [-0.2, 0) is 11.8 Å². The van der Waals surface area contributed by atoms with E-state index < -0.39 is 23.2 Å². The Bertz CT molecular complexity index is 1470. The van der Waals surface area contributed by atoms with Crippen LogP contribution in [0.15, 0.2) is 48.8 Å². The van der Waals surface area contributed by atoms with Crippen molar-refractivity contribution in [3.63, 3.8) is 0 Å². The number of phenols is 1. The number of benzene rings is 1. The molecule has 5 atom stereocenters. The zero-order valence-corrected chi connectivity index (χ0v) is 21.0. The number of likely N-dealkylation sites (tertiary alicyclic amines) is 1. The molecule has 3 aromatic rings. The molecule has 2 fully saturated rings. The molecule has 4 N–H and O–H groups in total. The summed E-state index contributed by atoms with van der Waals surface area (Å²) in [6.07, 6.45) is 10.6. The Morgan fingerprint density at radius 2 is 2.16 bits per heavy atom. The van der Waals surface area contributed by atoms with Crippen LogP contribution in [0, 0.1) is 5.92 Å². The first-order valence-electron chi connectivity index (χ1n) is 12.9. The lowest BCUT2D eigenvalue weighted by Crippen LogP contribution is -2.76. The van der Waals surface area contributed by atoms with Gasteiger partial charge >= 0.3 is 0 Å². The van der Waals surface area contributed by atoms with Gasteiger partial charge in [0.2, 0.25) is 0 Å². The number of H-pyrrole nitrogens is 1. The molecule has 37 heavy (non-hydrogen) atoms. The largest absolute Gasteiger partial charge is 0.504 e. The molecule has 8 nitrogen and oxygen atoms in total. The van der Waals surface area contributed by atoms with Gasteiger partial charge in [-0.15, -0.1) is 12.4 Å². The van der Waals surface area contributed by atoms with E-state index in [2.05, 4.69) is 20.2 Å². The van der Waals surface area contributed by atoms with Crippen molar-refractivity contribution in [1.82, 2.24) is 20.2 Å². The van der Waals surface area contributed by atoms with Crippen LogP contribution >= 0.6 is 12.4 Å². The highest BCUT2D eigenvalue weighted by atomic mass is 35.5. The number of pyridine rings is 1. The van der Waals surface area contributed by atoms with Crippen molar-refractivity contribution >= 4 is 29.3 Å². The number of fused-ring (bicyclic) bond motifs is 1. The summed E-state index contributed by atoms with van der Waals surface area (Å²) in [5.74, 6) is 1.05. The van der Waals surface area contributed by atoms with E-state index in [1.807, 2.05) is 30.4 Å². The molecule has 1 saturated carbocycles. The maximum Gasteiger partial charge on any atom is 0.254 e. The van der Waals surface area contributed by atoms with Gasteiger partial charge in [0, 0.05) is 35.9 Å². The van der Waals surface area contributed by atoms with E-state index >= 15 is 0 Å². The van der Waals surface area contributed by atoms with Gasteiger partial charge in [-0.05, 0) is 61.9 Å². The Kier molecular flexibility index (Phi) is 4.82. The molecule has 5 aliphatic rings. The van der Waals surface area contributed by atoms with E-state index in [9.17, 15) is 15.0 Å².